The maximum absolute atomic E-state index is 12.8. The van der Waals surface area contributed by atoms with Crippen molar-refractivity contribution in [2.75, 3.05) is 32.8 Å². The monoisotopic (exact) mass is 440 g/mol. The maximum Gasteiger partial charge on any atom is 0.374 e. The molecule has 1 saturated heterocycles. The topological polar surface area (TPSA) is 124 Å². The number of nitrogens with zero attached hydrogens (tertiary/aromatic N) is 4. The molecule has 164 valence electrons. The normalized spacial score (nSPS) is 16.0. The number of rotatable bonds is 6. The van der Waals surface area contributed by atoms with E-state index >= 15 is 0 Å². The van der Waals surface area contributed by atoms with Gasteiger partial charge in [-0.1, -0.05) is 0 Å². The fraction of sp³-hybridized carbons (Fsp3) is 0.500. The predicted molar refractivity (Wildman–Crippen MR) is 106 cm³/mol. The molecule has 12 heteroatoms. The van der Waals surface area contributed by atoms with Crippen LogP contribution in [0.15, 0.2) is 37.3 Å². The standard InChI is InChI=1S/C18H24N4O7S/c1-4-28-17(24)14-5-6-16(29-14)30(26,27)22-9-7-21(8-10-22)12-13-11-15(23)20(3)18(25)19(13)2/h5-6,11H,4,7-10,12H2,1-3H3. The Morgan fingerprint density at radius 2 is 1.77 bits per heavy atom. The molecule has 0 saturated carbocycles. The molecule has 0 spiro atoms. The van der Waals surface area contributed by atoms with Gasteiger partial charge in [0.25, 0.3) is 15.6 Å². The number of furan rings is 1. The molecule has 0 bridgehead atoms. The number of hydrogen-bond donors (Lipinski definition) is 0. The van der Waals surface area contributed by atoms with Crippen LogP contribution < -0.4 is 11.2 Å². The molecule has 2 aromatic rings. The third kappa shape index (κ3) is 4.25. The molecule has 0 N–H and O–H groups in total. The van der Waals surface area contributed by atoms with Crippen LogP contribution in [0.2, 0.25) is 0 Å². The summed E-state index contributed by atoms with van der Waals surface area (Å²) in [5, 5.41) is -0.312. The van der Waals surface area contributed by atoms with Crippen molar-refractivity contribution in [3.05, 3.63) is 50.5 Å². The van der Waals surface area contributed by atoms with Crippen molar-refractivity contribution in [3.63, 3.8) is 0 Å². The maximum atomic E-state index is 12.8. The van der Waals surface area contributed by atoms with Crippen LogP contribution in [0, 0.1) is 0 Å². The van der Waals surface area contributed by atoms with Crippen molar-refractivity contribution < 1.29 is 22.4 Å². The number of sulfonamides is 1. The number of aromatic nitrogens is 2. The highest BCUT2D eigenvalue weighted by Gasteiger charge is 2.32. The lowest BCUT2D eigenvalue weighted by molar-refractivity contribution is 0.0483. The Balaban J connectivity index is 1.67. The van der Waals surface area contributed by atoms with Gasteiger partial charge in [-0.05, 0) is 19.1 Å². The fourth-order valence-corrected chi connectivity index (χ4v) is 4.52. The molecule has 1 aliphatic rings. The molecule has 0 radical (unpaired) electrons. The quantitative estimate of drug-likeness (QED) is 0.544. The lowest BCUT2D eigenvalue weighted by Crippen LogP contribution is -2.49. The second kappa shape index (κ2) is 8.58. The van der Waals surface area contributed by atoms with E-state index in [2.05, 4.69) is 0 Å². The van der Waals surface area contributed by atoms with E-state index < -0.39 is 21.7 Å². The van der Waals surface area contributed by atoms with E-state index in [1.807, 2.05) is 4.90 Å². The number of hydrogen-bond acceptors (Lipinski definition) is 8. The van der Waals surface area contributed by atoms with Crippen LogP contribution in [0.5, 0.6) is 0 Å². The largest absolute Gasteiger partial charge is 0.460 e. The molecule has 0 atom stereocenters. The van der Waals surface area contributed by atoms with Crippen LogP contribution in [0.1, 0.15) is 23.2 Å². The van der Waals surface area contributed by atoms with E-state index in [1.54, 1.807) is 14.0 Å². The minimum absolute atomic E-state index is 0.155. The van der Waals surface area contributed by atoms with Gasteiger partial charge in [0.2, 0.25) is 10.9 Å². The van der Waals surface area contributed by atoms with Gasteiger partial charge in [0.1, 0.15) is 0 Å². The summed E-state index contributed by atoms with van der Waals surface area (Å²) in [5.74, 6) is -0.885. The minimum Gasteiger partial charge on any atom is -0.460 e. The van der Waals surface area contributed by atoms with Crippen molar-refractivity contribution in [2.24, 2.45) is 14.1 Å². The lowest BCUT2D eigenvalue weighted by atomic mass is 10.3. The van der Waals surface area contributed by atoms with Gasteiger partial charge < -0.3 is 9.15 Å². The summed E-state index contributed by atoms with van der Waals surface area (Å²) in [7, 11) is -0.880. The van der Waals surface area contributed by atoms with Crippen molar-refractivity contribution in [3.8, 4) is 0 Å². The summed E-state index contributed by atoms with van der Waals surface area (Å²) >= 11 is 0. The smallest absolute Gasteiger partial charge is 0.374 e. The van der Waals surface area contributed by atoms with Crippen molar-refractivity contribution in [2.45, 2.75) is 18.6 Å². The predicted octanol–water partition coefficient (Wildman–Crippen LogP) is -0.640. The SMILES string of the molecule is CCOC(=O)c1ccc(S(=O)(=O)N2CCN(Cc3cc(=O)n(C)c(=O)n3C)CC2)o1. The Morgan fingerprint density at radius 1 is 1.10 bits per heavy atom. The van der Waals surface area contributed by atoms with E-state index in [4.69, 9.17) is 9.15 Å². The minimum atomic E-state index is -3.89. The third-order valence-corrected chi connectivity index (χ3v) is 6.77. The van der Waals surface area contributed by atoms with Gasteiger partial charge >= 0.3 is 11.7 Å². The first-order valence-electron chi connectivity index (χ1n) is 9.40. The molecule has 3 rings (SSSR count). The zero-order valence-electron chi connectivity index (χ0n) is 17.0. The average molecular weight is 440 g/mol. The van der Waals surface area contributed by atoms with Gasteiger partial charge in [-0.15, -0.1) is 0 Å². The van der Waals surface area contributed by atoms with Crippen molar-refractivity contribution >= 4 is 16.0 Å². The molecule has 11 nitrogen and oxygen atoms in total. The summed E-state index contributed by atoms with van der Waals surface area (Å²) in [4.78, 5) is 37.6. The number of esters is 1. The van der Waals surface area contributed by atoms with E-state index in [0.717, 1.165) is 4.57 Å². The number of carbonyl (C=O) groups excluding carboxylic acids is 1. The Morgan fingerprint density at radius 3 is 2.40 bits per heavy atom. The van der Waals surface area contributed by atoms with E-state index in [1.165, 1.54) is 34.1 Å². The van der Waals surface area contributed by atoms with Crippen molar-refractivity contribution in [1.29, 1.82) is 0 Å². The Bertz CT molecular complexity index is 1150. The van der Waals surface area contributed by atoms with Crippen LogP contribution in [-0.4, -0.2) is 65.5 Å². The van der Waals surface area contributed by atoms with Gasteiger partial charge in [0.05, 0.1) is 6.61 Å². The fourth-order valence-electron chi connectivity index (χ4n) is 3.19. The van der Waals surface area contributed by atoms with Gasteiger partial charge in [-0.25, -0.2) is 18.0 Å². The van der Waals surface area contributed by atoms with Gasteiger partial charge in [-0.2, -0.15) is 4.31 Å². The Kier molecular flexibility index (Phi) is 6.29. The average Bonchev–Trinajstić information content (AvgIpc) is 3.22. The first kappa shape index (κ1) is 22.0. The summed E-state index contributed by atoms with van der Waals surface area (Å²) in [6.45, 7) is 3.38. The third-order valence-electron chi connectivity index (χ3n) is 4.99. The second-order valence-corrected chi connectivity index (χ2v) is 8.76. The van der Waals surface area contributed by atoms with Gasteiger partial charge in [0, 0.05) is 58.6 Å². The first-order chi connectivity index (χ1) is 14.1. The zero-order valence-corrected chi connectivity index (χ0v) is 17.8. The number of carbonyl (C=O) groups is 1. The highest BCUT2D eigenvalue weighted by Crippen LogP contribution is 2.21. The van der Waals surface area contributed by atoms with Gasteiger partial charge in [0.15, 0.2) is 0 Å². The zero-order chi connectivity index (χ0) is 22.1. The van der Waals surface area contributed by atoms with Crippen LogP contribution in [0.4, 0.5) is 0 Å². The summed E-state index contributed by atoms with van der Waals surface area (Å²) in [6, 6.07) is 3.92. The van der Waals surface area contributed by atoms with Crippen LogP contribution in [0.3, 0.4) is 0 Å². The molecule has 30 heavy (non-hydrogen) atoms. The number of ether oxygens (including phenoxy) is 1. The molecule has 0 aromatic carbocycles. The van der Waals surface area contributed by atoms with E-state index in [0.29, 0.717) is 25.3 Å². The molecular weight excluding hydrogens is 416 g/mol. The van der Waals surface area contributed by atoms with Crippen LogP contribution in [0.25, 0.3) is 0 Å². The van der Waals surface area contributed by atoms with Crippen LogP contribution in [-0.2, 0) is 35.4 Å². The van der Waals surface area contributed by atoms with E-state index in [9.17, 15) is 22.8 Å². The molecular formula is C18H24N4O7S. The Hall–Kier alpha value is -2.70. The first-order valence-corrected chi connectivity index (χ1v) is 10.8. The highest BCUT2D eigenvalue weighted by molar-refractivity contribution is 7.89. The van der Waals surface area contributed by atoms with E-state index in [-0.39, 0.29) is 36.1 Å². The molecule has 3 heterocycles. The van der Waals surface area contributed by atoms with Crippen LogP contribution >= 0.6 is 0 Å². The highest BCUT2D eigenvalue weighted by atomic mass is 32.2. The molecule has 0 unspecified atom stereocenters. The summed E-state index contributed by atoms with van der Waals surface area (Å²) in [5.41, 5.74) is -0.233. The Labute approximate surface area is 173 Å². The molecule has 1 fully saturated rings. The number of piperazine rings is 1. The molecule has 0 aliphatic carbocycles. The summed E-state index contributed by atoms with van der Waals surface area (Å²) in [6.07, 6.45) is 0. The summed E-state index contributed by atoms with van der Waals surface area (Å²) < 4.78 is 39.3. The van der Waals surface area contributed by atoms with Crippen molar-refractivity contribution in [1.82, 2.24) is 18.3 Å². The lowest BCUT2D eigenvalue weighted by Gasteiger charge is -2.33. The second-order valence-electron chi connectivity index (χ2n) is 6.89. The molecule has 1 aliphatic heterocycles. The van der Waals surface area contributed by atoms with Gasteiger partial charge in [-0.3, -0.25) is 18.8 Å². The molecule has 2 aromatic heterocycles. The molecule has 0 amide bonds.